The summed E-state index contributed by atoms with van der Waals surface area (Å²) in [6.45, 7) is 6.39. The van der Waals surface area contributed by atoms with Crippen molar-refractivity contribution in [3.63, 3.8) is 0 Å². The molecule has 0 aromatic heterocycles. The molecule has 0 heterocycles. The number of carboxylic acid groups (broad SMARTS) is 1. The quantitative estimate of drug-likeness (QED) is 0.772. The molecule has 0 aliphatic carbocycles. The summed E-state index contributed by atoms with van der Waals surface area (Å²) in [7, 11) is 0. The van der Waals surface area contributed by atoms with Crippen LogP contribution in [0.2, 0.25) is 0 Å². The fourth-order valence-corrected chi connectivity index (χ4v) is 2.23. The summed E-state index contributed by atoms with van der Waals surface area (Å²) in [6.07, 6.45) is 3.46. The smallest absolute Gasteiger partial charge is 0.335 e. The molecule has 1 rings (SSSR count). The Hall–Kier alpha value is -1.84. The van der Waals surface area contributed by atoms with E-state index in [2.05, 4.69) is 19.2 Å². The summed E-state index contributed by atoms with van der Waals surface area (Å²) in [6, 6.07) is 6.66. The van der Waals surface area contributed by atoms with Crippen molar-refractivity contribution in [3.05, 3.63) is 35.4 Å². The molecule has 1 unspecified atom stereocenters. The van der Waals surface area contributed by atoms with Crippen molar-refractivity contribution >= 4 is 11.9 Å². The van der Waals surface area contributed by atoms with Gasteiger partial charge in [-0.3, -0.25) is 4.79 Å². The van der Waals surface area contributed by atoms with Gasteiger partial charge in [0.2, 0.25) is 5.91 Å². The van der Waals surface area contributed by atoms with Crippen LogP contribution in [-0.4, -0.2) is 23.0 Å². The number of nitrogens with one attached hydrogen (secondary N) is 1. The van der Waals surface area contributed by atoms with Crippen LogP contribution in [0.25, 0.3) is 0 Å². The van der Waals surface area contributed by atoms with Crippen LogP contribution in [0, 0.1) is 5.92 Å². The summed E-state index contributed by atoms with van der Waals surface area (Å²) < 4.78 is 0. The first kappa shape index (κ1) is 17.2. The number of benzene rings is 1. The van der Waals surface area contributed by atoms with Gasteiger partial charge in [-0.15, -0.1) is 0 Å². The minimum absolute atomic E-state index is 0.0606. The maximum Gasteiger partial charge on any atom is 0.335 e. The lowest BCUT2D eigenvalue weighted by Gasteiger charge is -2.14. The van der Waals surface area contributed by atoms with Gasteiger partial charge in [0.25, 0.3) is 0 Å². The van der Waals surface area contributed by atoms with Crippen LogP contribution in [0.4, 0.5) is 0 Å². The van der Waals surface area contributed by atoms with Gasteiger partial charge in [-0.2, -0.15) is 0 Å². The number of amides is 1. The van der Waals surface area contributed by atoms with Crippen LogP contribution in [0.3, 0.4) is 0 Å². The summed E-state index contributed by atoms with van der Waals surface area (Å²) in [4.78, 5) is 22.8. The van der Waals surface area contributed by atoms with E-state index in [1.54, 1.807) is 18.2 Å². The fraction of sp³-hybridized carbons (Fsp3) is 0.529. The maximum atomic E-state index is 11.9. The number of hydrogen-bond donors (Lipinski definition) is 2. The lowest BCUT2D eigenvalue weighted by molar-refractivity contribution is -0.121. The molecular formula is C17H25NO3. The van der Waals surface area contributed by atoms with Gasteiger partial charge < -0.3 is 10.4 Å². The van der Waals surface area contributed by atoms with E-state index in [1.807, 2.05) is 6.92 Å². The van der Waals surface area contributed by atoms with E-state index < -0.39 is 5.97 Å². The molecule has 0 spiro atoms. The first-order valence-electron chi connectivity index (χ1n) is 7.50. The molecule has 0 aliphatic rings. The third kappa shape index (κ3) is 6.93. The molecule has 4 heteroatoms. The predicted octanol–water partition coefficient (Wildman–Crippen LogP) is 3.26. The predicted molar refractivity (Wildman–Crippen MR) is 83.4 cm³/mol. The zero-order valence-electron chi connectivity index (χ0n) is 13.1. The fourth-order valence-electron chi connectivity index (χ4n) is 2.23. The van der Waals surface area contributed by atoms with Crippen molar-refractivity contribution in [3.8, 4) is 0 Å². The molecule has 116 valence electrons. The number of rotatable bonds is 8. The first-order valence-corrected chi connectivity index (χ1v) is 7.50. The van der Waals surface area contributed by atoms with E-state index in [4.69, 9.17) is 5.11 Å². The summed E-state index contributed by atoms with van der Waals surface area (Å²) in [5, 5.41) is 11.9. The van der Waals surface area contributed by atoms with E-state index in [0.29, 0.717) is 5.92 Å². The molecule has 1 atom stereocenters. The van der Waals surface area contributed by atoms with Crippen LogP contribution in [0.1, 0.15) is 56.0 Å². The second-order valence-corrected chi connectivity index (χ2v) is 5.98. The van der Waals surface area contributed by atoms with Gasteiger partial charge in [0.1, 0.15) is 0 Å². The van der Waals surface area contributed by atoms with Crippen LogP contribution in [0.5, 0.6) is 0 Å². The van der Waals surface area contributed by atoms with Crippen LogP contribution >= 0.6 is 0 Å². The van der Waals surface area contributed by atoms with Gasteiger partial charge in [-0.25, -0.2) is 4.79 Å². The van der Waals surface area contributed by atoms with Gasteiger partial charge in [0, 0.05) is 6.04 Å². The van der Waals surface area contributed by atoms with Crippen molar-refractivity contribution in [2.75, 3.05) is 0 Å². The summed E-state index contributed by atoms with van der Waals surface area (Å²) in [5.41, 5.74) is 0.937. The molecule has 0 saturated carbocycles. The van der Waals surface area contributed by atoms with Crippen molar-refractivity contribution in [1.82, 2.24) is 5.32 Å². The van der Waals surface area contributed by atoms with E-state index in [1.165, 1.54) is 12.5 Å². The standard InChI is InChI=1S/C17H25NO3/c1-12(2)6-4-7-13(3)18-16(19)11-14-8-5-9-15(10-14)17(20)21/h5,8-10,12-13H,4,6-7,11H2,1-3H3,(H,18,19)(H,20,21). The zero-order valence-corrected chi connectivity index (χ0v) is 13.1. The second kappa shape index (κ2) is 8.45. The molecule has 1 aromatic rings. The third-order valence-electron chi connectivity index (χ3n) is 3.36. The zero-order chi connectivity index (χ0) is 15.8. The van der Waals surface area contributed by atoms with Gasteiger partial charge in [-0.05, 0) is 37.0 Å². The monoisotopic (exact) mass is 291 g/mol. The van der Waals surface area contributed by atoms with Crippen LogP contribution < -0.4 is 5.32 Å². The Morgan fingerprint density at radius 1 is 1.19 bits per heavy atom. The van der Waals surface area contributed by atoms with E-state index in [-0.39, 0.29) is 23.9 Å². The lowest BCUT2D eigenvalue weighted by atomic mass is 10.0. The van der Waals surface area contributed by atoms with Gasteiger partial charge in [-0.1, -0.05) is 38.8 Å². The number of carbonyl (C=O) groups is 2. The van der Waals surface area contributed by atoms with Gasteiger partial charge in [0.15, 0.2) is 0 Å². The van der Waals surface area contributed by atoms with Crippen molar-refractivity contribution in [2.45, 2.75) is 52.5 Å². The molecule has 21 heavy (non-hydrogen) atoms. The van der Waals surface area contributed by atoms with E-state index >= 15 is 0 Å². The Morgan fingerprint density at radius 3 is 2.52 bits per heavy atom. The molecular weight excluding hydrogens is 266 g/mol. The highest BCUT2D eigenvalue weighted by atomic mass is 16.4. The minimum Gasteiger partial charge on any atom is -0.478 e. The largest absolute Gasteiger partial charge is 0.478 e. The Labute approximate surface area is 126 Å². The number of carboxylic acids is 1. The molecule has 1 amide bonds. The average molecular weight is 291 g/mol. The highest BCUT2D eigenvalue weighted by molar-refractivity contribution is 5.88. The van der Waals surface area contributed by atoms with Crippen LogP contribution in [0.15, 0.2) is 24.3 Å². The molecule has 0 aliphatic heterocycles. The molecule has 0 fully saturated rings. The Kier molecular flexibility index (Phi) is 6.92. The van der Waals surface area contributed by atoms with Gasteiger partial charge >= 0.3 is 5.97 Å². The highest BCUT2D eigenvalue weighted by Gasteiger charge is 2.10. The van der Waals surface area contributed by atoms with Crippen LogP contribution in [-0.2, 0) is 11.2 Å². The third-order valence-corrected chi connectivity index (χ3v) is 3.36. The average Bonchev–Trinajstić information content (AvgIpc) is 2.38. The van der Waals surface area contributed by atoms with Crippen molar-refractivity contribution < 1.29 is 14.7 Å². The van der Waals surface area contributed by atoms with E-state index in [0.717, 1.165) is 18.4 Å². The highest BCUT2D eigenvalue weighted by Crippen LogP contribution is 2.09. The second-order valence-electron chi connectivity index (χ2n) is 5.98. The van der Waals surface area contributed by atoms with E-state index in [9.17, 15) is 9.59 Å². The topological polar surface area (TPSA) is 66.4 Å². The molecule has 0 bridgehead atoms. The summed E-state index contributed by atoms with van der Waals surface area (Å²) >= 11 is 0. The molecule has 0 saturated heterocycles. The first-order chi connectivity index (χ1) is 9.88. The molecule has 2 N–H and O–H groups in total. The SMILES string of the molecule is CC(C)CCCC(C)NC(=O)Cc1cccc(C(=O)O)c1. The van der Waals surface area contributed by atoms with Gasteiger partial charge in [0.05, 0.1) is 12.0 Å². The maximum absolute atomic E-state index is 11.9. The summed E-state index contributed by atoms with van der Waals surface area (Å²) in [5.74, 6) is -0.347. The Morgan fingerprint density at radius 2 is 1.90 bits per heavy atom. The minimum atomic E-state index is -0.973. The normalized spacial score (nSPS) is 12.2. The number of aromatic carboxylic acids is 1. The number of hydrogen-bond acceptors (Lipinski definition) is 2. The molecule has 4 nitrogen and oxygen atoms in total. The van der Waals surface area contributed by atoms with Crippen molar-refractivity contribution in [1.29, 1.82) is 0 Å². The Bertz CT molecular complexity index is 483. The Balaban J connectivity index is 2.42. The lowest BCUT2D eigenvalue weighted by Crippen LogP contribution is -2.33. The number of carbonyl (C=O) groups excluding carboxylic acids is 1. The van der Waals surface area contributed by atoms with Crippen molar-refractivity contribution in [2.24, 2.45) is 5.92 Å². The molecule has 0 radical (unpaired) electrons. The molecule has 1 aromatic carbocycles.